The van der Waals surface area contributed by atoms with Gasteiger partial charge in [-0.1, -0.05) is 31.9 Å². The fourth-order valence-corrected chi connectivity index (χ4v) is 6.82. The third kappa shape index (κ3) is 2.61. The molecule has 1 saturated carbocycles. The smallest absolute Gasteiger partial charge is 0.139 e. The van der Waals surface area contributed by atoms with Crippen molar-refractivity contribution in [3.63, 3.8) is 0 Å². The maximum atomic E-state index is 11.0. The van der Waals surface area contributed by atoms with Crippen molar-refractivity contribution in [2.45, 2.75) is 56.9 Å². The van der Waals surface area contributed by atoms with Gasteiger partial charge in [0.1, 0.15) is 5.75 Å². The highest BCUT2D eigenvalue weighted by Crippen LogP contribution is 2.63. The van der Waals surface area contributed by atoms with E-state index < -0.39 is 0 Å². The summed E-state index contributed by atoms with van der Waals surface area (Å²) in [6.07, 6.45) is 7.49. The molecule has 5 rings (SSSR count). The van der Waals surface area contributed by atoms with Crippen LogP contribution >= 0.6 is 0 Å². The molecular weight excluding hydrogens is 358 g/mol. The molecule has 1 aliphatic heterocycles. The van der Waals surface area contributed by atoms with Crippen molar-refractivity contribution >= 4 is 17.1 Å². The number of likely N-dealkylation sites (tertiary alicyclic amines) is 1. The molecular formula is C25H33N3O. The number of nitrogens with one attached hydrogen (secondary N) is 2. The second kappa shape index (κ2) is 6.66. The lowest BCUT2D eigenvalue weighted by Crippen LogP contribution is -2.66. The molecule has 0 radical (unpaired) electrons. The Morgan fingerprint density at radius 1 is 1.03 bits per heavy atom. The van der Waals surface area contributed by atoms with Gasteiger partial charge in [-0.2, -0.15) is 0 Å². The van der Waals surface area contributed by atoms with Crippen LogP contribution in [0.2, 0.25) is 0 Å². The number of hydrogen-bond acceptors (Lipinski definition) is 4. The number of fused-ring (bicyclic) bond motifs is 1. The van der Waals surface area contributed by atoms with Crippen molar-refractivity contribution in [2.75, 3.05) is 31.3 Å². The molecule has 2 fully saturated rings. The second-order valence-corrected chi connectivity index (χ2v) is 9.60. The average Bonchev–Trinajstić information content (AvgIpc) is 2.72. The number of piperidine rings is 1. The topological polar surface area (TPSA) is 47.5 Å². The maximum absolute atomic E-state index is 11.0. The lowest BCUT2D eigenvalue weighted by atomic mass is 9.45. The molecule has 2 aromatic rings. The van der Waals surface area contributed by atoms with Gasteiger partial charge in [-0.25, -0.2) is 0 Å². The fourth-order valence-electron chi connectivity index (χ4n) is 6.82. The van der Waals surface area contributed by atoms with Gasteiger partial charge in [0.15, 0.2) is 0 Å². The summed E-state index contributed by atoms with van der Waals surface area (Å²) in [5.74, 6) is 0.370. The van der Waals surface area contributed by atoms with E-state index in [-0.39, 0.29) is 5.41 Å². The summed E-state index contributed by atoms with van der Waals surface area (Å²) in [6.45, 7) is 3.69. The van der Waals surface area contributed by atoms with Crippen LogP contribution < -0.4 is 10.6 Å². The van der Waals surface area contributed by atoms with Crippen molar-refractivity contribution < 1.29 is 5.11 Å². The van der Waals surface area contributed by atoms with Crippen LogP contribution in [0.25, 0.3) is 0 Å². The third-order valence-corrected chi connectivity index (χ3v) is 8.42. The number of likely N-dealkylation sites (N-methyl/N-ethyl adjacent to an activating group) is 1. The molecule has 154 valence electrons. The van der Waals surface area contributed by atoms with Gasteiger partial charge in [0.05, 0.1) is 17.1 Å². The lowest BCUT2D eigenvalue weighted by molar-refractivity contribution is -0.0735. The number of phenolic OH excluding ortho intramolecular Hbond substituents is 1. The largest absolute Gasteiger partial charge is 0.506 e. The number of anilines is 3. The Morgan fingerprint density at radius 3 is 2.59 bits per heavy atom. The standard InChI is InChI=1S/C25H33N3O/c1-24-10-6-7-11-25(24)12-13-28(3)23(24)15-17-14-21(22(29)16-18(17)25)27-20-9-5-4-8-19(20)26-2/h4-5,8-9,14,16,23,26-27,29H,6-7,10-13,15H2,1-3H3/t23-,24+,25+/m0/s1. The molecule has 0 amide bonds. The molecule has 0 aromatic heterocycles. The molecule has 0 unspecified atom stereocenters. The van der Waals surface area contributed by atoms with Gasteiger partial charge in [0.2, 0.25) is 0 Å². The zero-order valence-electron chi connectivity index (χ0n) is 17.9. The van der Waals surface area contributed by atoms with E-state index in [4.69, 9.17) is 0 Å². The summed E-state index contributed by atoms with van der Waals surface area (Å²) in [5, 5.41) is 17.7. The molecule has 0 spiro atoms. The van der Waals surface area contributed by atoms with E-state index in [9.17, 15) is 5.11 Å². The first-order chi connectivity index (χ1) is 14.0. The van der Waals surface area contributed by atoms with Crippen molar-refractivity contribution in [2.24, 2.45) is 5.41 Å². The fraction of sp³-hybridized carbons (Fsp3) is 0.520. The zero-order valence-corrected chi connectivity index (χ0v) is 17.9. The Morgan fingerprint density at radius 2 is 1.79 bits per heavy atom. The minimum Gasteiger partial charge on any atom is -0.506 e. The van der Waals surface area contributed by atoms with Crippen molar-refractivity contribution in [3.05, 3.63) is 47.5 Å². The van der Waals surface area contributed by atoms with E-state index in [2.05, 4.69) is 41.6 Å². The number of para-hydroxylation sites is 2. The van der Waals surface area contributed by atoms with Gasteiger partial charge >= 0.3 is 0 Å². The quantitative estimate of drug-likeness (QED) is 0.625. The predicted molar refractivity (Wildman–Crippen MR) is 120 cm³/mol. The van der Waals surface area contributed by atoms with Crippen LogP contribution in [0.3, 0.4) is 0 Å². The molecule has 2 aliphatic carbocycles. The van der Waals surface area contributed by atoms with E-state index in [1.54, 1.807) is 0 Å². The van der Waals surface area contributed by atoms with E-state index in [1.165, 1.54) is 43.2 Å². The SMILES string of the molecule is CNc1ccccc1Nc1cc2c(cc1O)[C@]13CCCC[C@]1(C)[C@H](C2)N(C)CC3. The molecule has 3 aliphatic rings. The highest BCUT2D eigenvalue weighted by atomic mass is 16.3. The second-order valence-electron chi connectivity index (χ2n) is 9.60. The molecule has 2 bridgehead atoms. The summed E-state index contributed by atoms with van der Waals surface area (Å²) in [5.41, 5.74) is 6.19. The van der Waals surface area contributed by atoms with Crippen molar-refractivity contribution in [1.82, 2.24) is 4.90 Å². The van der Waals surface area contributed by atoms with Crippen LogP contribution in [-0.2, 0) is 11.8 Å². The minimum absolute atomic E-state index is 0.217. The molecule has 1 heterocycles. The molecule has 3 N–H and O–H groups in total. The van der Waals surface area contributed by atoms with E-state index >= 15 is 0 Å². The summed E-state index contributed by atoms with van der Waals surface area (Å²) in [4.78, 5) is 2.60. The van der Waals surface area contributed by atoms with Crippen LogP contribution in [0.4, 0.5) is 17.1 Å². The van der Waals surface area contributed by atoms with Crippen LogP contribution in [0.1, 0.15) is 50.2 Å². The van der Waals surface area contributed by atoms with Gasteiger partial charge in [-0.15, -0.1) is 0 Å². The Balaban J connectivity index is 1.60. The number of aromatic hydroxyl groups is 1. The maximum Gasteiger partial charge on any atom is 0.139 e. The summed E-state index contributed by atoms with van der Waals surface area (Å²) in [7, 11) is 4.23. The van der Waals surface area contributed by atoms with Crippen LogP contribution in [-0.4, -0.2) is 36.7 Å². The normalized spacial score (nSPS) is 30.9. The van der Waals surface area contributed by atoms with Crippen LogP contribution in [0, 0.1) is 5.41 Å². The van der Waals surface area contributed by atoms with Crippen molar-refractivity contribution in [3.8, 4) is 5.75 Å². The number of nitrogens with zero attached hydrogens (tertiary/aromatic N) is 1. The monoisotopic (exact) mass is 391 g/mol. The van der Waals surface area contributed by atoms with E-state index in [0.717, 1.165) is 30.0 Å². The predicted octanol–water partition coefficient (Wildman–Crippen LogP) is 5.26. The lowest BCUT2D eigenvalue weighted by Gasteiger charge is -2.65. The number of phenols is 1. The van der Waals surface area contributed by atoms with E-state index in [0.29, 0.717) is 17.2 Å². The average molecular weight is 392 g/mol. The van der Waals surface area contributed by atoms with Gasteiger partial charge in [0.25, 0.3) is 0 Å². The molecule has 1 saturated heterocycles. The van der Waals surface area contributed by atoms with E-state index in [1.807, 2.05) is 31.3 Å². The molecule has 29 heavy (non-hydrogen) atoms. The first kappa shape index (κ1) is 18.8. The van der Waals surface area contributed by atoms with Crippen LogP contribution in [0.5, 0.6) is 5.75 Å². The third-order valence-electron chi connectivity index (χ3n) is 8.42. The molecule has 3 atom stereocenters. The molecule has 2 aromatic carbocycles. The Bertz CT molecular complexity index is 942. The Hall–Kier alpha value is -2.20. The summed E-state index contributed by atoms with van der Waals surface area (Å²) >= 11 is 0. The van der Waals surface area contributed by atoms with Gasteiger partial charge in [-0.05, 0) is 80.1 Å². The highest BCUT2D eigenvalue weighted by molar-refractivity contribution is 5.77. The summed E-state index contributed by atoms with van der Waals surface area (Å²) in [6, 6.07) is 13.0. The number of benzene rings is 2. The van der Waals surface area contributed by atoms with Gasteiger partial charge in [-0.3, -0.25) is 0 Å². The first-order valence-electron chi connectivity index (χ1n) is 11.1. The number of rotatable bonds is 3. The molecule has 4 heteroatoms. The van der Waals surface area contributed by atoms with Gasteiger partial charge in [0, 0.05) is 18.5 Å². The first-order valence-corrected chi connectivity index (χ1v) is 11.1. The zero-order chi connectivity index (χ0) is 20.2. The van der Waals surface area contributed by atoms with Crippen molar-refractivity contribution in [1.29, 1.82) is 0 Å². The number of hydrogen-bond donors (Lipinski definition) is 3. The minimum atomic E-state index is 0.217. The van der Waals surface area contributed by atoms with Gasteiger partial charge < -0.3 is 20.6 Å². The molecule has 4 nitrogen and oxygen atoms in total. The van der Waals surface area contributed by atoms with Crippen LogP contribution in [0.15, 0.2) is 36.4 Å². The Kier molecular flexibility index (Phi) is 4.32. The Labute approximate surface area is 174 Å². The summed E-state index contributed by atoms with van der Waals surface area (Å²) < 4.78 is 0. The highest BCUT2D eigenvalue weighted by Gasteiger charge is 2.60.